The fourth-order valence-electron chi connectivity index (χ4n) is 3.05. The summed E-state index contributed by atoms with van der Waals surface area (Å²) in [5.41, 5.74) is 3.26. The number of thiophene rings is 1. The number of H-pyrrole nitrogens is 1. The van der Waals surface area contributed by atoms with E-state index >= 15 is 0 Å². The number of hydrogen-bond acceptors (Lipinski definition) is 4. The number of aromatic amines is 1. The van der Waals surface area contributed by atoms with Crippen molar-refractivity contribution in [3.63, 3.8) is 0 Å². The average Bonchev–Trinajstić information content (AvgIpc) is 3.48. The molecule has 0 saturated heterocycles. The maximum absolute atomic E-state index is 14.1. The van der Waals surface area contributed by atoms with Crippen molar-refractivity contribution in [2.24, 2.45) is 10.1 Å². The quantitative estimate of drug-likeness (QED) is 0.347. The number of hydrogen-bond donors (Lipinski definition) is 1. The fraction of sp³-hybridized carbons (Fsp3) is 0. The predicted molar refractivity (Wildman–Crippen MR) is 119 cm³/mol. The van der Waals surface area contributed by atoms with Crippen molar-refractivity contribution in [2.45, 2.75) is 0 Å². The molecule has 7 heteroatoms. The maximum atomic E-state index is 14.1. The summed E-state index contributed by atoms with van der Waals surface area (Å²) in [7, 11) is 0. The first-order chi connectivity index (χ1) is 14.3. The van der Waals surface area contributed by atoms with Crippen molar-refractivity contribution < 1.29 is 4.39 Å². The molecule has 5 rings (SSSR count). The van der Waals surface area contributed by atoms with Gasteiger partial charge in [0.2, 0.25) is 4.80 Å². The first kappa shape index (κ1) is 17.8. The average molecular weight is 419 g/mol. The van der Waals surface area contributed by atoms with Crippen molar-refractivity contribution in [3.05, 3.63) is 93.8 Å². The molecule has 0 bridgehead atoms. The van der Waals surface area contributed by atoms with E-state index in [0.717, 1.165) is 27.0 Å². The Morgan fingerprint density at radius 1 is 0.966 bits per heavy atom. The molecule has 0 aliphatic heterocycles. The van der Waals surface area contributed by atoms with E-state index in [-0.39, 0.29) is 5.82 Å². The van der Waals surface area contributed by atoms with Crippen LogP contribution in [0.25, 0.3) is 21.5 Å². The summed E-state index contributed by atoms with van der Waals surface area (Å²) in [6.45, 7) is 0. The lowest BCUT2D eigenvalue weighted by Gasteiger charge is -2.01. The fourth-order valence-corrected chi connectivity index (χ4v) is 4.69. The Labute approximate surface area is 173 Å². The van der Waals surface area contributed by atoms with Crippen LogP contribution in [0.15, 0.2) is 87.7 Å². The van der Waals surface area contributed by atoms with Crippen molar-refractivity contribution in [2.75, 3.05) is 0 Å². The van der Waals surface area contributed by atoms with Crippen LogP contribution >= 0.6 is 22.7 Å². The van der Waals surface area contributed by atoms with Crippen LogP contribution in [-0.2, 0) is 0 Å². The second kappa shape index (κ2) is 7.62. The van der Waals surface area contributed by atoms with Crippen LogP contribution in [0.1, 0.15) is 5.56 Å². The largest absolute Gasteiger partial charge is 0.361 e. The van der Waals surface area contributed by atoms with E-state index in [1.165, 1.54) is 17.4 Å². The Bertz CT molecular complexity index is 1370. The zero-order chi connectivity index (χ0) is 19.6. The van der Waals surface area contributed by atoms with E-state index in [1.54, 1.807) is 34.2 Å². The highest BCUT2D eigenvalue weighted by Gasteiger charge is 2.10. The van der Waals surface area contributed by atoms with Crippen molar-refractivity contribution >= 4 is 45.5 Å². The number of nitrogens with zero attached hydrogens (tertiary/aromatic N) is 3. The molecule has 0 atom stereocenters. The minimum atomic E-state index is -0.356. The highest BCUT2D eigenvalue weighted by atomic mass is 32.1. The van der Waals surface area contributed by atoms with Crippen LogP contribution in [0.5, 0.6) is 0 Å². The normalized spacial score (nSPS) is 12.4. The molecule has 0 radical (unpaired) electrons. The molecule has 2 aromatic carbocycles. The van der Waals surface area contributed by atoms with Gasteiger partial charge in [0, 0.05) is 28.0 Å². The van der Waals surface area contributed by atoms with Gasteiger partial charge in [-0.15, -0.1) is 22.7 Å². The molecule has 0 amide bonds. The van der Waals surface area contributed by atoms with E-state index in [0.29, 0.717) is 10.5 Å². The molecule has 0 fully saturated rings. The Balaban J connectivity index is 1.66. The zero-order valence-electron chi connectivity index (χ0n) is 15.1. The molecule has 0 spiro atoms. The van der Waals surface area contributed by atoms with Gasteiger partial charge in [0.15, 0.2) is 0 Å². The molecular formula is C22H15FN4S2. The van der Waals surface area contributed by atoms with E-state index < -0.39 is 0 Å². The summed E-state index contributed by atoms with van der Waals surface area (Å²) in [5, 5.41) is 9.83. The Morgan fingerprint density at radius 3 is 2.69 bits per heavy atom. The van der Waals surface area contributed by atoms with E-state index in [1.807, 2.05) is 53.5 Å². The third-order valence-corrected chi connectivity index (χ3v) is 6.17. The molecule has 0 aliphatic rings. The number of aromatic nitrogens is 2. The Morgan fingerprint density at radius 2 is 1.83 bits per heavy atom. The molecule has 4 nitrogen and oxygen atoms in total. The van der Waals surface area contributed by atoms with Gasteiger partial charge in [-0.25, -0.2) is 14.1 Å². The van der Waals surface area contributed by atoms with Gasteiger partial charge in [-0.2, -0.15) is 5.10 Å². The first-order valence-electron chi connectivity index (χ1n) is 8.94. The van der Waals surface area contributed by atoms with Gasteiger partial charge in [-0.3, -0.25) is 0 Å². The van der Waals surface area contributed by atoms with E-state index in [2.05, 4.69) is 16.0 Å². The third kappa shape index (κ3) is 3.46. The predicted octanol–water partition coefficient (Wildman–Crippen LogP) is 6.01. The maximum Gasteiger partial charge on any atom is 0.211 e. The zero-order valence-corrected chi connectivity index (χ0v) is 16.8. The number of halogens is 1. The minimum absolute atomic E-state index is 0.295. The molecule has 3 aromatic heterocycles. The summed E-state index contributed by atoms with van der Waals surface area (Å²) in [6.07, 6.45) is 3.74. The number of rotatable bonds is 4. The molecule has 1 N–H and O–H groups in total. The molecule has 5 aromatic rings. The molecular weight excluding hydrogens is 403 g/mol. The SMILES string of the molecule is Fc1ccccc1N=c1scc(-c2cccs2)n1N=Cc1c[nH]c2ccccc12. The van der Waals surface area contributed by atoms with Crippen LogP contribution < -0.4 is 4.80 Å². The third-order valence-electron chi connectivity index (χ3n) is 4.46. The van der Waals surface area contributed by atoms with Crippen molar-refractivity contribution in [1.82, 2.24) is 9.66 Å². The number of benzene rings is 2. The van der Waals surface area contributed by atoms with E-state index in [4.69, 9.17) is 5.10 Å². The van der Waals surface area contributed by atoms with Crippen molar-refractivity contribution in [3.8, 4) is 10.6 Å². The first-order valence-corrected chi connectivity index (χ1v) is 10.7. The van der Waals surface area contributed by atoms with Crippen LogP contribution in [0.3, 0.4) is 0 Å². The number of nitrogens with one attached hydrogen (secondary N) is 1. The molecule has 29 heavy (non-hydrogen) atoms. The molecule has 0 aliphatic carbocycles. The van der Waals surface area contributed by atoms with Gasteiger partial charge < -0.3 is 4.98 Å². The van der Waals surface area contributed by atoms with Gasteiger partial charge in [0.25, 0.3) is 0 Å². The summed E-state index contributed by atoms with van der Waals surface area (Å²) < 4.78 is 15.9. The topological polar surface area (TPSA) is 45.4 Å². The number of fused-ring (bicyclic) bond motifs is 1. The smallest absolute Gasteiger partial charge is 0.211 e. The number of para-hydroxylation sites is 2. The van der Waals surface area contributed by atoms with Gasteiger partial charge in [0.05, 0.1) is 16.8 Å². The Kier molecular flexibility index (Phi) is 4.67. The molecule has 0 saturated carbocycles. The lowest BCUT2D eigenvalue weighted by Crippen LogP contribution is -2.11. The van der Waals surface area contributed by atoms with Gasteiger partial charge in [-0.1, -0.05) is 36.4 Å². The summed E-state index contributed by atoms with van der Waals surface area (Å²) in [5.74, 6) is -0.356. The second-order valence-electron chi connectivity index (χ2n) is 6.29. The highest BCUT2D eigenvalue weighted by Crippen LogP contribution is 2.26. The van der Waals surface area contributed by atoms with Crippen LogP contribution in [0, 0.1) is 5.82 Å². The number of thiazole rings is 1. The Hall–Kier alpha value is -3.29. The lowest BCUT2D eigenvalue weighted by molar-refractivity contribution is 0.628. The van der Waals surface area contributed by atoms with Crippen LogP contribution in [0.4, 0.5) is 10.1 Å². The molecule has 0 unspecified atom stereocenters. The highest BCUT2D eigenvalue weighted by molar-refractivity contribution is 7.14. The lowest BCUT2D eigenvalue weighted by atomic mass is 10.2. The minimum Gasteiger partial charge on any atom is -0.361 e. The monoisotopic (exact) mass is 418 g/mol. The van der Waals surface area contributed by atoms with Crippen molar-refractivity contribution in [1.29, 1.82) is 0 Å². The summed E-state index contributed by atoms with van der Waals surface area (Å²) >= 11 is 3.06. The van der Waals surface area contributed by atoms with Gasteiger partial charge in [0.1, 0.15) is 11.5 Å². The van der Waals surface area contributed by atoms with E-state index in [9.17, 15) is 4.39 Å². The molecule has 3 heterocycles. The standard InChI is InChI=1S/C22H15FN4S2/c23-17-7-2-4-9-19(17)26-22-27(20(14-29-22)21-10-5-11-28-21)25-13-15-12-24-18-8-3-1-6-16(15)18/h1-14,24H. The van der Waals surface area contributed by atoms with Crippen LogP contribution in [-0.4, -0.2) is 15.9 Å². The molecule has 142 valence electrons. The van der Waals surface area contributed by atoms with Gasteiger partial charge >= 0.3 is 0 Å². The van der Waals surface area contributed by atoms with Crippen LogP contribution in [0.2, 0.25) is 0 Å². The van der Waals surface area contributed by atoms with Gasteiger partial charge in [-0.05, 0) is 29.6 Å². The second-order valence-corrected chi connectivity index (χ2v) is 8.07. The summed E-state index contributed by atoms with van der Waals surface area (Å²) in [4.78, 5) is 9.46. The summed E-state index contributed by atoms with van der Waals surface area (Å²) in [6, 6.07) is 18.6.